The number of hydrogen-bond donors (Lipinski definition) is 2. The molecule has 0 fully saturated rings. The van der Waals surface area contributed by atoms with Crippen LogP contribution in [-0.2, 0) is 14.9 Å². The van der Waals surface area contributed by atoms with Gasteiger partial charge in [0.2, 0.25) is 0 Å². The molecule has 38 heavy (non-hydrogen) atoms. The Morgan fingerprint density at radius 2 is 1.16 bits per heavy atom. The minimum atomic E-state index is -8.51. The Morgan fingerprint density at radius 3 is 1.55 bits per heavy atom. The lowest BCUT2D eigenvalue weighted by Crippen LogP contribution is -2.74. The highest BCUT2D eigenvalue weighted by Crippen LogP contribution is 2.62. The summed E-state index contributed by atoms with van der Waals surface area (Å²) in [6.45, 7) is -5.91. The van der Waals surface area contributed by atoms with Gasteiger partial charge in [0, 0.05) is 13.1 Å². The third kappa shape index (κ3) is 6.86. The summed E-state index contributed by atoms with van der Waals surface area (Å²) in [4.78, 5) is 0.862. The summed E-state index contributed by atoms with van der Waals surface area (Å²) in [5.41, 5.74) is 0. The van der Waals surface area contributed by atoms with Gasteiger partial charge in [0.05, 0.1) is 18.5 Å². The lowest BCUT2D eigenvalue weighted by atomic mass is 9.89. The molecule has 0 saturated carbocycles. The molecule has 0 amide bonds. The van der Waals surface area contributed by atoms with E-state index < -0.39 is 96.2 Å². The maximum absolute atomic E-state index is 13.7. The summed E-state index contributed by atoms with van der Waals surface area (Å²) in [6, 6.07) is 0. The number of halogens is 16. The maximum Gasteiger partial charge on any atom is 0.384 e. The molecule has 0 aromatic heterocycles. The van der Waals surface area contributed by atoms with Crippen LogP contribution in [0.1, 0.15) is 0 Å². The molecule has 230 valence electrons. The SMILES string of the molecule is CN(CCS(=O)(=O)O)CC(O)COCC(F)(F)C(F)(F)C(F)(F)C(F)(F)C(F)(F)C(F)(F)C(F)(F)C(F)F. The van der Waals surface area contributed by atoms with Crippen LogP contribution in [0.4, 0.5) is 70.2 Å². The van der Waals surface area contributed by atoms with E-state index in [1.54, 1.807) is 0 Å². The quantitative estimate of drug-likeness (QED) is 0.200. The van der Waals surface area contributed by atoms with E-state index in [2.05, 4.69) is 4.74 Å². The fourth-order valence-electron chi connectivity index (χ4n) is 2.36. The first kappa shape index (κ1) is 36.7. The Morgan fingerprint density at radius 1 is 0.763 bits per heavy atom. The van der Waals surface area contributed by atoms with Crippen molar-refractivity contribution in [1.82, 2.24) is 4.90 Å². The molecule has 0 radical (unpaired) electrons. The van der Waals surface area contributed by atoms with Crippen molar-refractivity contribution in [3.63, 3.8) is 0 Å². The second kappa shape index (κ2) is 11.3. The van der Waals surface area contributed by atoms with Gasteiger partial charge in [-0.1, -0.05) is 0 Å². The fraction of sp³-hybridized carbons (Fsp3) is 1.00. The molecule has 0 aromatic rings. The molecule has 6 nitrogen and oxygen atoms in total. The molecule has 0 spiro atoms. The Hall–Kier alpha value is -1.33. The van der Waals surface area contributed by atoms with Gasteiger partial charge in [-0.25, -0.2) is 8.78 Å². The highest BCUT2D eigenvalue weighted by Gasteiger charge is 2.93. The number of ether oxygens (including phenoxy) is 1. The Balaban J connectivity index is 5.77. The van der Waals surface area contributed by atoms with Crippen molar-refractivity contribution >= 4 is 10.1 Å². The van der Waals surface area contributed by atoms with Crippen molar-refractivity contribution in [3.05, 3.63) is 0 Å². The molecule has 0 rings (SSSR count). The predicted molar refractivity (Wildman–Crippen MR) is 91.4 cm³/mol. The van der Waals surface area contributed by atoms with Gasteiger partial charge < -0.3 is 14.7 Å². The zero-order valence-corrected chi connectivity index (χ0v) is 19.0. The summed E-state index contributed by atoms with van der Waals surface area (Å²) < 4.78 is 245. The molecule has 0 aromatic carbocycles. The molecule has 0 heterocycles. The van der Waals surface area contributed by atoms with E-state index in [1.165, 1.54) is 0 Å². The first-order valence-electron chi connectivity index (χ1n) is 9.26. The van der Waals surface area contributed by atoms with Crippen molar-refractivity contribution in [2.45, 2.75) is 54.0 Å². The standard InChI is InChI=1S/C15H17F16NO5S/c1-32(2-3-38(34,35)36)4-7(33)5-37-6-9(18,19)11(22,23)13(26,27)15(30,31)14(28,29)12(24,25)10(20,21)8(16)17/h7-8,33H,2-6H2,1H3,(H,34,35,36). The number of hydrogen-bond acceptors (Lipinski definition) is 5. The second-order valence-corrected chi connectivity index (χ2v) is 9.29. The van der Waals surface area contributed by atoms with E-state index in [-0.39, 0.29) is 0 Å². The van der Waals surface area contributed by atoms with Gasteiger partial charge in [0.25, 0.3) is 10.1 Å². The third-order valence-corrected chi connectivity index (χ3v) is 5.27. The molecule has 0 aliphatic carbocycles. The molecule has 0 aliphatic rings. The van der Waals surface area contributed by atoms with Crippen LogP contribution in [0, 0.1) is 0 Å². The topological polar surface area (TPSA) is 87.1 Å². The molecule has 1 atom stereocenters. The van der Waals surface area contributed by atoms with Crippen LogP contribution in [0.3, 0.4) is 0 Å². The van der Waals surface area contributed by atoms with Crippen molar-refractivity contribution in [2.24, 2.45) is 0 Å². The molecular formula is C15H17F16NO5S. The summed E-state index contributed by atoms with van der Waals surface area (Å²) in [5.74, 6) is -56.4. The average Bonchev–Trinajstić information content (AvgIpc) is 2.70. The predicted octanol–water partition coefficient (Wildman–Crippen LogP) is 3.90. The highest BCUT2D eigenvalue weighted by atomic mass is 32.2. The summed E-state index contributed by atoms with van der Waals surface area (Å²) >= 11 is 0. The van der Waals surface area contributed by atoms with Crippen LogP contribution in [0.25, 0.3) is 0 Å². The van der Waals surface area contributed by atoms with Crippen molar-refractivity contribution in [1.29, 1.82) is 0 Å². The van der Waals surface area contributed by atoms with Gasteiger partial charge >= 0.3 is 47.9 Å². The highest BCUT2D eigenvalue weighted by molar-refractivity contribution is 7.85. The van der Waals surface area contributed by atoms with E-state index in [0.29, 0.717) is 0 Å². The number of aliphatic hydroxyl groups is 1. The first-order valence-corrected chi connectivity index (χ1v) is 10.9. The first-order chi connectivity index (χ1) is 16.4. The number of rotatable bonds is 16. The van der Waals surface area contributed by atoms with Gasteiger partial charge in [0.1, 0.15) is 6.61 Å². The minimum Gasteiger partial charge on any atom is -0.389 e. The average molecular weight is 627 g/mol. The van der Waals surface area contributed by atoms with E-state index in [0.717, 1.165) is 11.9 Å². The van der Waals surface area contributed by atoms with Crippen LogP contribution in [0.5, 0.6) is 0 Å². The lowest BCUT2D eigenvalue weighted by molar-refractivity contribution is -0.448. The monoisotopic (exact) mass is 627 g/mol. The van der Waals surface area contributed by atoms with Crippen molar-refractivity contribution in [3.8, 4) is 0 Å². The molecule has 0 saturated heterocycles. The minimum absolute atomic E-state index is 0.533. The maximum atomic E-state index is 13.7. The smallest absolute Gasteiger partial charge is 0.384 e. The van der Waals surface area contributed by atoms with Crippen LogP contribution < -0.4 is 0 Å². The Labute approximate surface area is 202 Å². The number of alkyl halides is 16. The number of likely N-dealkylation sites (N-methyl/N-ethyl adjacent to an activating group) is 1. The Bertz CT molecular complexity index is 898. The van der Waals surface area contributed by atoms with E-state index in [4.69, 9.17) is 4.55 Å². The van der Waals surface area contributed by atoms with E-state index in [1.807, 2.05) is 0 Å². The summed E-state index contributed by atoms with van der Waals surface area (Å²) in [7, 11) is -3.48. The lowest BCUT2D eigenvalue weighted by Gasteiger charge is -2.42. The summed E-state index contributed by atoms with van der Waals surface area (Å²) in [5, 5.41) is 9.46. The third-order valence-electron chi connectivity index (χ3n) is 4.58. The largest absolute Gasteiger partial charge is 0.389 e. The van der Waals surface area contributed by atoms with Crippen LogP contribution in [-0.4, -0.2) is 116 Å². The fourth-order valence-corrected chi connectivity index (χ4v) is 2.90. The van der Waals surface area contributed by atoms with Crippen LogP contribution in [0.15, 0.2) is 0 Å². The molecule has 1 unspecified atom stereocenters. The van der Waals surface area contributed by atoms with Gasteiger partial charge in [-0.2, -0.15) is 69.9 Å². The van der Waals surface area contributed by atoms with Gasteiger partial charge in [0.15, 0.2) is 0 Å². The summed E-state index contributed by atoms with van der Waals surface area (Å²) in [6.07, 6.45) is -7.96. The van der Waals surface area contributed by atoms with Crippen molar-refractivity contribution in [2.75, 3.05) is 39.1 Å². The normalized spacial score (nSPS) is 16.4. The van der Waals surface area contributed by atoms with E-state index >= 15 is 0 Å². The Kier molecular flexibility index (Phi) is 10.9. The van der Waals surface area contributed by atoms with Crippen LogP contribution in [0.2, 0.25) is 0 Å². The zero-order chi connectivity index (χ0) is 31.0. The number of aliphatic hydroxyl groups excluding tert-OH is 1. The second-order valence-electron chi connectivity index (χ2n) is 7.72. The molecule has 0 aliphatic heterocycles. The number of nitrogens with zero attached hydrogens (tertiary/aromatic N) is 1. The van der Waals surface area contributed by atoms with Crippen molar-refractivity contribution < 1.29 is 93.1 Å². The molecule has 0 bridgehead atoms. The van der Waals surface area contributed by atoms with E-state index in [9.17, 15) is 83.8 Å². The van der Waals surface area contributed by atoms with Gasteiger partial charge in [-0.15, -0.1) is 0 Å². The molecule has 2 N–H and O–H groups in total. The molecular weight excluding hydrogens is 610 g/mol. The van der Waals surface area contributed by atoms with Gasteiger partial charge in [-0.05, 0) is 7.05 Å². The van der Waals surface area contributed by atoms with Gasteiger partial charge in [-0.3, -0.25) is 4.55 Å². The zero-order valence-electron chi connectivity index (χ0n) is 18.2. The molecule has 23 heteroatoms. The van der Waals surface area contributed by atoms with Crippen LogP contribution >= 0.6 is 0 Å².